The molecule has 0 radical (unpaired) electrons. The van der Waals surface area contributed by atoms with Gasteiger partial charge in [0.15, 0.2) is 6.04 Å². The zero-order chi connectivity index (χ0) is 10.7. The molecule has 1 unspecified atom stereocenters. The van der Waals surface area contributed by atoms with Gasteiger partial charge in [0.2, 0.25) is 0 Å². The molecule has 78 valence electrons. The summed E-state index contributed by atoms with van der Waals surface area (Å²) in [7, 11) is 0. The number of nitroso groups, excluding NO2 is 1. The average molecular weight is 203 g/mol. The number of amides is 1. The third kappa shape index (κ3) is 1.90. The van der Waals surface area contributed by atoms with Gasteiger partial charge < -0.3 is 15.1 Å². The fraction of sp³-hybridized carbons (Fsp3) is 0.667. The Morgan fingerprint density at radius 1 is 1.29 bits per heavy atom. The second-order valence-electron chi connectivity index (χ2n) is 2.83. The van der Waals surface area contributed by atoms with Gasteiger partial charge in [-0.15, -0.1) is 4.91 Å². The summed E-state index contributed by atoms with van der Waals surface area (Å²) in [5, 5.41) is 20.6. The zero-order valence-corrected chi connectivity index (χ0v) is 7.16. The minimum absolute atomic E-state index is 0.00671. The number of hydrogen-bond acceptors (Lipinski definition) is 4. The molecule has 0 aromatic heterocycles. The minimum Gasteiger partial charge on any atom is -0.480 e. The van der Waals surface area contributed by atoms with Crippen molar-refractivity contribution in [3.05, 3.63) is 4.91 Å². The zero-order valence-electron chi connectivity index (χ0n) is 7.16. The van der Waals surface area contributed by atoms with Crippen LogP contribution in [-0.2, 0) is 4.79 Å². The highest BCUT2D eigenvalue weighted by Crippen LogP contribution is 2.10. The monoisotopic (exact) mass is 203 g/mol. The molecule has 0 aromatic rings. The van der Waals surface area contributed by atoms with Gasteiger partial charge in [0.25, 0.3) is 0 Å². The maximum Gasteiger partial charge on any atom is 0.407 e. The molecule has 1 saturated heterocycles. The smallest absolute Gasteiger partial charge is 0.407 e. The van der Waals surface area contributed by atoms with Gasteiger partial charge in [-0.1, -0.05) is 0 Å². The van der Waals surface area contributed by atoms with E-state index >= 15 is 0 Å². The Bertz CT molecular complexity index is 268. The van der Waals surface area contributed by atoms with Crippen LogP contribution in [0.15, 0.2) is 5.29 Å². The fourth-order valence-electron chi connectivity index (χ4n) is 1.25. The van der Waals surface area contributed by atoms with Crippen molar-refractivity contribution in [1.29, 1.82) is 0 Å². The largest absolute Gasteiger partial charge is 0.480 e. The SMILES string of the molecule is O=NN1CCN(C(=O)O)CC1C(=O)O. The Morgan fingerprint density at radius 3 is 2.36 bits per heavy atom. The lowest BCUT2D eigenvalue weighted by atomic mass is 10.2. The Labute approximate surface area is 78.7 Å². The molecule has 0 aromatic carbocycles. The molecule has 0 bridgehead atoms. The Kier molecular flexibility index (Phi) is 2.85. The first-order chi connectivity index (χ1) is 6.56. The molecular weight excluding hydrogens is 194 g/mol. The van der Waals surface area contributed by atoms with Crippen molar-refractivity contribution < 1.29 is 19.8 Å². The molecule has 1 aliphatic rings. The quantitative estimate of drug-likeness (QED) is 0.580. The molecular formula is C6H9N3O5. The molecule has 1 heterocycles. The van der Waals surface area contributed by atoms with E-state index < -0.39 is 18.1 Å². The summed E-state index contributed by atoms with van der Waals surface area (Å²) in [5.41, 5.74) is 0. The highest BCUT2D eigenvalue weighted by atomic mass is 16.4. The van der Waals surface area contributed by atoms with E-state index in [1.807, 2.05) is 0 Å². The van der Waals surface area contributed by atoms with E-state index in [1.165, 1.54) is 0 Å². The number of carboxylic acid groups (broad SMARTS) is 2. The van der Waals surface area contributed by atoms with E-state index in [0.29, 0.717) is 0 Å². The van der Waals surface area contributed by atoms with Gasteiger partial charge in [-0.05, 0) is 0 Å². The van der Waals surface area contributed by atoms with Gasteiger partial charge in [0.1, 0.15) is 0 Å². The average Bonchev–Trinajstić information content (AvgIpc) is 2.16. The highest BCUT2D eigenvalue weighted by molar-refractivity contribution is 5.75. The molecule has 2 N–H and O–H groups in total. The van der Waals surface area contributed by atoms with E-state index in [9.17, 15) is 14.5 Å². The van der Waals surface area contributed by atoms with Crippen LogP contribution in [0.4, 0.5) is 4.79 Å². The van der Waals surface area contributed by atoms with E-state index in [-0.39, 0.29) is 19.6 Å². The summed E-state index contributed by atoms with van der Waals surface area (Å²) in [4.78, 5) is 32.3. The van der Waals surface area contributed by atoms with Crippen LogP contribution in [0.2, 0.25) is 0 Å². The predicted molar refractivity (Wildman–Crippen MR) is 43.5 cm³/mol. The van der Waals surface area contributed by atoms with Crippen LogP contribution in [0.5, 0.6) is 0 Å². The summed E-state index contributed by atoms with van der Waals surface area (Å²) in [6.45, 7) is -0.145. The normalized spacial score (nSPS) is 21.9. The molecule has 0 spiro atoms. The van der Waals surface area contributed by atoms with Gasteiger partial charge in [-0.3, -0.25) is 0 Å². The predicted octanol–water partition coefficient (Wildman–Crippen LogP) is -0.583. The molecule has 1 atom stereocenters. The van der Waals surface area contributed by atoms with E-state index in [1.54, 1.807) is 0 Å². The number of aliphatic carboxylic acids is 1. The number of hydrogen-bond donors (Lipinski definition) is 2. The van der Waals surface area contributed by atoms with Gasteiger partial charge in [0, 0.05) is 6.54 Å². The van der Waals surface area contributed by atoms with Crippen molar-refractivity contribution in [2.45, 2.75) is 6.04 Å². The summed E-state index contributed by atoms with van der Waals surface area (Å²) >= 11 is 0. The van der Waals surface area contributed by atoms with Crippen molar-refractivity contribution in [3.8, 4) is 0 Å². The Morgan fingerprint density at radius 2 is 1.93 bits per heavy atom. The van der Waals surface area contributed by atoms with Crippen molar-refractivity contribution in [2.75, 3.05) is 19.6 Å². The number of piperazine rings is 1. The molecule has 8 nitrogen and oxygen atoms in total. The van der Waals surface area contributed by atoms with Gasteiger partial charge in [-0.2, -0.15) is 0 Å². The number of carbonyl (C=O) groups is 2. The van der Waals surface area contributed by atoms with Crippen LogP contribution >= 0.6 is 0 Å². The maximum atomic E-state index is 10.6. The lowest BCUT2D eigenvalue weighted by Crippen LogP contribution is -2.55. The van der Waals surface area contributed by atoms with E-state index in [2.05, 4.69) is 5.29 Å². The van der Waals surface area contributed by atoms with Crippen molar-refractivity contribution in [1.82, 2.24) is 9.91 Å². The van der Waals surface area contributed by atoms with Crippen LogP contribution in [-0.4, -0.2) is 57.9 Å². The second-order valence-corrected chi connectivity index (χ2v) is 2.83. The number of rotatable bonds is 2. The van der Waals surface area contributed by atoms with Crippen LogP contribution < -0.4 is 0 Å². The fourth-order valence-corrected chi connectivity index (χ4v) is 1.25. The molecule has 1 fully saturated rings. The molecule has 0 aliphatic carbocycles. The van der Waals surface area contributed by atoms with Crippen LogP contribution in [0.25, 0.3) is 0 Å². The minimum atomic E-state index is -1.25. The number of carboxylic acids is 1. The van der Waals surface area contributed by atoms with Crippen molar-refractivity contribution in [2.24, 2.45) is 5.29 Å². The molecule has 8 heteroatoms. The standard InChI is InChI=1S/C6H9N3O5/c10-5(11)4-3-8(6(12)13)1-2-9(4)7-14/h4H,1-3H2,(H,10,11)(H,12,13). The topological polar surface area (TPSA) is 111 Å². The molecule has 1 rings (SSSR count). The van der Waals surface area contributed by atoms with E-state index in [4.69, 9.17) is 10.2 Å². The summed E-state index contributed by atoms with van der Waals surface area (Å²) in [5.74, 6) is -1.25. The van der Waals surface area contributed by atoms with Gasteiger partial charge in [-0.25, -0.2) is 14.6 Å². The molecule has 0 saturated carbocycles. The maximum absolute atomic E-state index is 10.6. The third-order valence-corrected chi connectivity index (χ3v) is 2.01. The lowest BCUT2D eigenvalue weighted by molar-refractivity contribution is -0.145. The summed E-state index contributed by atoms with van der Waals surface area (Å²) in [6, 6.07) is -1.18. The van der Waals surface area contributed by atoms with Crippen LogP contribution in [0.3, 0.4) is 0 Å². The summed E-state index contributed by atoms with van der Waals surface area (Å²) in [6.07, 6.45) is -1.19. The first kappa shape index (κ1) is 10.2. The third-order valence-electron chi connectivity index (χ3n) is 2.01. The van der Waals surface area contributed by atoms with Gasteiger partial charge in [0.05, 0.1) is 18.4 Å². The Balaban J connectivity index is 2.71. The van der Waals surface area contributed by atoms with E-state index in [0.717, 1.165) is 9.91 Å². The Hall–Kier alpha value is -1.86. The van der Waals surface area contributed by atoms with Crippen molar-refractivity contribution >= 4 is 12.1 Å². The highest BCUT2D eigenvalue weighted by Gasteiger charge is 2.34. The van der Waals surface area contributed by atoms with Crippen LogP contribution in [0.1, 0.15) is 0 Å². The van der Waals surface area contributed by atoms with Crippen LogP contribution in [0, 0.1) is 4.91 Å². The first-order valence-corrected chi connectivity index (χ1v) is 3.87. The summed E-state index contributed by atoms with van der Waals surface area (Å²) < 4.78 is 0. The second kappa shape index (κ2) is 3.90. The number of nitrogens with zero attached hydrogens (tertiary/aromatic N) is 3. The molecule has 1 aliphatic heterocycles. The van der Waals surface area contributed by atoms with Gasteiger partial charge >= 0.3 is 12.1 Å². The van der Waals surface area contributed by atoms with Crippen molar-refractivity contribution in [3.63, 3.8) is 0 Å². The molecule has 14 heavy (non-hydrogen) atoms. The molecule has 1 amide bonds. The lowest BCUT2D eigenvalue weighted by Gasteiger charge is -2.33. The first-order valence-electron chi connectivity index (χ1n) is 3.87.